The van der Waals surface area contributed by atoms with Gasteiger partial charge in [-0.2, -0.15) is 5.10 Å². The largest absolute Gasteiger partial charge is 0.455 e. The number of benzene rings is 2. The summed E-state index contributed by atoms with van der Waals surface area (Å²) >= 11 is 0. The van der Waals surface area contributed by atoms with Crippen LogP contribution in [0.15, 0.2) is 53.3 Å². The molecule has 0 aliphatic rings. The molecule has 0 fully saturated rings. The minimum absolute atomic E-state index is 0.181. The van der Waals surface area contributed by atoms with Crippen molar-refractivity contribution in [3.8, 4) is 0 Å². The molecular formula is C20H18FN3O4. The predicted octanol–water partition coefficient (Wildman–Crippen LogP) is 1.51. The number of fused-ring (bicyclic) bond motifs is 1. The number of halogens is 1. The van der Waals surface area contributed by atoms with Crippen molar-refractivity contribution in [1.29, 1.82) is 0 Å². The number of carbonyl (C=O) groups excluding carboxylic acids is 2. The van der Waals surface area contributed by atoms with Gasteiger partial charge in [0.05, 0.1) is 17.5 Å². The van der Waals surface area contributed by atoms with E-state index < -0.39 is 18.5 Å². The zero-order chi connectivity index (χ0) is 19.9. The Balaban J connectivity index is 1.48. The van der Waals surface area contributed by atoms with Crippen molar-refractivity contribution in [2.24, 2.45) is 0 Å². The van der Waals surface area contributed by atoms with E-state index >= 15 is 0 Å². The third-order valence-corrected chi connectivity index (χ3v) is 4.13. The SMILES string of the molecule is O=C(COC(=O)Cc1n[nH]c(=O)c2ccccc12)NCCc1ccccc1F. The molecule has 0 aliphatic carbocycles. The van der Waals surface area contributed by atoms with Crippen molar-refractivity contribution in [2.75, 3.05) is 13.2 Å². The summed E-state index contributed by atoms with van der Waals surface area (Å²) < 4.78 is 18.5. The van der Waals surface area contributed by atoms with Gasteiger partial charge in [0.15, 0.2) is 6.61 Å². The van der Waals surface area contributed by atoms with E-state index in [0.29, 0.717) is 28.5 Å². The van der Waals surface area contributed by atoms with E-state index in [9.17, 15) is 18.8 Å². The highest BCUT2D eigenvalue weighted by atomic mass is 19.1. The van der Waals surface area contributed by atoms with Crippen LogP contribution in [0.3, 0.4) is 0 Å². The molecule has 8 heteroatoms. The van der Waals surface area contributed by atoms with E-state index in [1.807, 2.05) is 0 Å². The van der Waals surface area contributed by atoms with Crippen LogP contribution in [-0.2, 0) is 27.2 Å². The Kier molecular flexibility index (Phi) is 6.11. The summed E-state index contributed by atoms with van der Waals surface area (Å²) in [5.41, 5.74) is 0.512. The van der Waals surface area contributed by atoms with Gasteiger partial charge in [0.1, 0.15) is 5.82 Å². The van der Waals surface area contributed by atoms with Crippen LogP contribution in [0.25, 0.3) is 10.8 Å². The molecule has 0 spiro atoms. The number of aromatic amines is 1. The molecule has 0 unspecified atom stereocenters. The summed E-state index contributed by atoms with van der Waals surface area (Å²) in [7, 11) is 0. The number of hydrogen-bond donors (Lipinski definition) is 2. The first-order valence-corrected chi connectivity index (χ1v) is 8.66. The third kappa shape index (κ3) is 4.79. The van der Waals surface area contributed by atoms with Gasteiger partial charge < -0.3 is 10.1 Å². The Morgan fingerprint density at radius 2 is 1.79 bits per heavy atom. The molecule has 2 N–H and O–H groups in total. The van der Waals surface area contributed by atoms with E-state index in [0.717, 1.165) is 0 Å². The summed E-state index contributed by atoms with van der Waals surface area (Å²) in [5, 5.41) is 9.77. The van der Waals surface area contributed by atoms with Gasteiger partial charge >= 0.3 is 5.97 Å². The summed E-state index contributed by atoms with van der Waals surface area (Å²) in [6.07, 6.45) is 0.152. The number of carbonyl (C=O) groups is 2. The highest BCUT2D eigenvalue weighted by Gasteiger charge is 2.13. The minimum Gasteiger partial charge on any atom is -0.455 e. The maximum atomic E-state index is 13.5. The lowest BCUT2D eigenvalue weighted by atomic mass is 10.1. The van der Waals surface area contributed by atoms with Crippen LogP contribution in [0, 0.1) is 5.82 Å². The van der Waals surface area contributed by atoms with Crippen LogP contribution < -0.4 is 10.9 Å². The first kappa shape index (κ1) is 19.2. The topological polar surface area (TPSA) is 101 Å². The lowest BCUT2D eigenvalue weighted by molar-refractivity contribution is -0.147. The van der Waals surface area contributed by atoms with E-state index in [-0.39, 0.29) is 24.3 Å². The molecule has 7 nitrogen and oxygen atoms in total. The second-order valence-corrected chi connectivity index (χ2v) is 6.07. The van der Waals surface area contributed by atoms with Crippen LogP contribution in [0.2, 0.25) is 0 Å². The number of ether oxygens (including phenoxy) is 1. The minimum atomic E-state index is -0.644. The number of nitrogens with one attached hydrogen (secondary N) is 2. The fraction of sp³-hybridized carbons (Fsp3) is 0.200. The smallest absolute Gasteiger partial charge is 0.312 e. The van der Waals surface area contributed by atoms with Crippen molar-refractivity contribution < 1.29 is 18.7 Å². The predicted molar refractivity (Wildman–Crippen MR) is 100 cm³/mol. The Morgan fingerprint density at radius 3 is 2.57 bits per heavy atom. The van der Waals surface area contributed by atoms with Crippen LogP contribution in [-0.4, -0.2) is 35.2 Å². The first-order valence-electron chi connectivity index (χ1n) is 8.66. The van der Waals surface area contributed by atoms with Gasteiger partial charge in [-0.05, 0) is 24.1 Å². The summed E-state index contributed by atoms with van der Waals surface area (Å²) in [6, 6.07) is 13.1. The molecule has 3 rings (SSSR count). The molecular weight excluding hydrogens is 365 g/mol. The molecule has 0 atom stereocenters. The first-order chi connectivity index (χ1) is 13.5. The van der Waals surface area contributed by atoms with E-state index in [2.05, 4.69) is 15.5 Å². The number of amides is 1. The Hall–Kier alpha value is -3.55. The number of nitrogens with zero attached hydrogens (tertiary/aromatic N) is 1. The van der Waals surface area contributed by atoms with Gasteiger partial charge in [-0.15, -0.1) is 0 Å². The molecule has 144 valence electrons. The molecule has 2 aromatic carbocycles. The zero-order valence-electron chi connectivity index (χ0n) is 14.9. The average molecular weight is 383 g/mol. The van der Waals surface area contributed by atoms with Crippen molar-refractivity contribution in [2.45, 2.75) is 12.8 Å². The third-order valence-electron chi connectivity index (χ3n) is 4.13. The lowest BCUT2D eigenvalue weighted by Gasteiger charge is -2.08. The standard InChI is InChI=1S/C20H18FN3O4/c21-16-8-4-1-5-13(16)9-10-22-18(25)12-28-19(26)11-17-14-6-2-3-7-15(14)20(27)24-23-17/h1-8H,9-12H2,(H,22,25)(H,24,27). The highest BCUT2D eigenvalue weighted by molar-refractivity contribution is 5.87. The molecule has 1 aromatic heterocycles. The number of H-pyrrole nitrogens is 1. The number of aromatic nitrogens is 2. The number of rotatable bonds is 7. The fourth-order valence-electron chi connectivity index (χ4n) is 2.73. The van der Waals surface area contributed by atoms with Gasteiger partial charge in [-0.3, -0.25) is 14.4 Å². The Morgan fingerprint density at radius 1 is 1.07 bits per heavy atom. The van der Waals surface area contributed by atoms with Crippen molar-refractivity contribution in [3.05, 3.63) is 76.0 Å². The van der Waals surface area contributed by atoms with Crippen molar-refractivity contribution in [3.63, 3.8) is 0 Å². The Bertz CT molecular complexity index is 1060. The molecule has 0 saturated heterocycles. The van der Waals surface area contributed by atoms with E-state index in [1.54, 1.807) is 42.5 Å². The van der Waals surface area contributed by atoms with Crippen LogP contribution >= 0.6 is 0 Å². The van der Waals surface area contributed by atoms with Gasteiger partial charge in [0.2, 0.25) is 0 Å². The lowest BCUT2D eigenvalue weighted by Crippen LogP contribution is -2.31. The quantitative estimate of drug-likeness (QED) is 0.602. The van der Waals surface area contributed by atoms with Crippen LogP contribution in [0.5, 0.6) is 0 Å². The van der Waals surface area contributed by atoms with Gasteiger partial charge in [-0.25, -0.2) is 9.49 Å². The van der Waals surface area contributed by atoms with Gasteiger partial charge in [0, 0.05) is 11.9 Å². The maximum absolute atomic E-state index is 13.5. The van der Waals surface area contributed by atoms with Crippen molar-refractivity contribution >= 4 is 22.6 Å². The number of hydrogen-bond acceptors (Lipinski definition) is 5. The number of esters is 1. The highest BCUT2D eigenvalue weighted by Crippen LogP contribution is 2.13. The van der Waals surface area contributed by atoms with Gasteiger partial charge in [0.25, 0.3) is 11.5 Å². The summed E-state index contributed by atoms with van der Waals surface area (Å²) in [4.78, 5) is 35.5. The van der Waals surface area contributed by atoms with Crippen LogP contribution in [0.1, 0.15) is 11.3 Å². The molecule has 1 heterocycles. The molecule has 0 aliphatic heterocycles. The normalized spacial score (nSPS) is 10.6. The molecule has 0 radical (unpaired) electrons. The average Bonchev–Trinajstić information content (AvgIpc) is 2.70. The molecule has 28 heavy (non-hydrogen) atoms. The van der Waals surface area contributed by atoms with E-state index in [1.165, 1.54) is 6.07 Å². The monoisotopic (exact) mass is 383 g/mol. The zero-order valence-corrected chi connectivity index (χ0v) is 14.9. The fourth-order valence-corrected chi connectivity index (χ4v) is 2.73. The molecule has 0 bridgehead atoms. The maximum Gasteiger partial charge on any atom is 0.312 e. The second kappa shape index (κ2) is 8.90. The molecule has 1 amide bonds. The van der Waals surface area contributed by atoms with Crippen molar-refractivity contribution in [1.82, 2.24) is 15.5 Å². The van der Waals surface area contributed by atoms with Crippen LogP contribution in [0.4, 0.5) is 4.39 Å². The molecule has 0 saturated carbocycles. The summed E-state index contributed by atoms with van der Waals surface area (Å²) in [6.45, 7) is -0.221. The molecule has 3 aromatic rings. The van der Waals surface area contributed by atoms with E-state index in [4.69, 9.17) is 4.74 Å². The Labute approximate surface area is 159 Å². The summed E-state index contributed by atoms with van der Waals surface area (Å²) in [5.74, 6) is -1.46. The second-order valence-electron chi connectivity index (χ2n) is 6.07. The van der Waals surface area contributed by atoms with Gasteiger partial charge in [-0.1, -0.05) is 36.4 Å².